The van der Waals surface area contributed by atoms with Crippen LogP contribution < -0.4 is 16.0 Å². The van der Waals surface area contributed by atoms with Gasteiger partial charge in [-0.25, -0.2) is 4.98 Å². The SMILES string of the molecule is CC(C)C(Nc1ncc(C(C)(C)C)o1)C(=O)NC1CCNC(=O)C1=O. The lowest BCUT2D eigenvalue weighted by molar-refractivity contribution is -0.141. The van der Waals surface area contributed by atoms with Gasteiger partial charge in [0.25, 0.3) is 11.9 Å². The summed E-state index contributed by atoms with van der Waals surface area (Å²) in [7, 11) is 0. The molecule has 1 aliphatic heterocycles. The Bertz CT molecular complexity index is 660. The first-order chi connectivity index (χ1) is 11.6. The van der Waals surface area contributed by atoms with Gasteiger partial charge in [-0.05, 0) is 12.3 Å². The Morgan fingerprint density at radius 2 is 2.04 bits per heavy atom. The number of oxazole rings is 1. The van der Waals surface area contributed by atoms with Crippen LogP contribution in [0, 0.1) is 5.92 Å². The van der Waals surface area contributed by atoms with E-state index in [-0.39, 0.29) is 23.3 Å². The number of rotatable bonds is 5. The fraction of sp³-hybridized carbons (Fsp3) is 0.647. The first-order valence-electron chi connectivity index (χ1n) is 8.45. The third kappa shape index (κ3) is 4.58. The zero-order valence-electron chi connectivity index (χ0n) is 15.3. The Balaban J connectivity index is 2.07. The number of hydrogen-bond donors (Lipinski definition) is 3. The molecule has 2 rings (SSSR count). The van der Waals surface area contributed by atoms with Gasteiger partial charge in [0.05, 0.1) is 12.2 Å². The zero-order valence-corrected chi connectivity index (χ0v) is 15.3. The Labute approximate surface area is 147 Å². The second-order valence-corrected chi connectivity index (χ2v) is 7.62. The fourth-order valence-corrected chi connectivity index (χ4v) is 2.46. The summed E-state index contributed by atoms with van der Waals surface area (Å²) in [5.74, 6) is -1.01. The quantitative estimate of drug-likeness (QED) is 0.682. The molecule has 1 fully saturated rings. The van der Waals surface area contributed by atoms with Crippen LogP contribution in [0.2, 0.25) is 0 Å². The highest BCUT2D eigenvalue weighted by atomic mass is 16.4. The molecule has 2 heterocycles. The summed E-state index contributed by atoms with van der Waals surface area (Å²) in [5.41, 5.74) is -0.190. The topological polar surface area (TPSA) is 113 Å². The normalized spacial score (nSPS) is 19.5. The molecule has 2 amide bonds. The Morgan fingerprint density at radius 1 is 1.36 bits per heavy atom. The van der Waals surface area contributed by atoms with Crippen LogP contribution in [0.1, 0.15) is 46.8 Å². The Hall–Kier alpha value is -2.38. The number of ketones is 1. The second-order valence-electron chi connectivity index (χ2n) is 7.62. The van der Waals surface area contributed by atoms with Gasteiger partial charge in [0.2, 0.25) is 11.7 Å². The largest absolute Gasteiger partial charge is 0.428 e. The maximum absolute atomic E-state index is 12.6. The van der Waals surface area contributed by atoms with Crippen LogP contribution >= 0.6 is 0 Å². The van der Waals surface area contributed by atoms with Gasteiger partial charge in [-0.1, -0.05) is 34.6 Å². The molecule has 2 atom stereocenters. The molecule has 8 heteroatoms. The molecule has 1 aromatic rings. The van der Waals surface area contributed by atoms with E-state index in [4.69, 9.17) is 4.42 Å². The summed E-state index contributed by atoms with van der Waals surface area (Å²) in [6.07, 6.45) is 2.01. The van der Waals surface area contributed by atoms with E-state index in [0.29, 0.717) is 18.7 Å². The highest BCUT2D eigenvalue weighted by Gasteiger charge is 2.33. The molecule has 1 aromatic heterocycles. The monoisotopic (exact) mass is 350 g/mol. The van der Waals surface area contributed by atoms with Crippen molar-refractivity contribution >= 4 is 23.6 Å². The van der Waals surface area contributed by atoms with Gasteiger partial charge in [0.15, 0.2) is 0 Å². The lowest BCUT2D eigenvalue weighted by Crippen LogP contribution is -2.56. The van der Waals surface area contributed by atoms with Crippen LogP contribution in [0.4, 0.5) is 6.01 Å². The molecule has 2 unspecified atom stereocenters. The summed E-state index contributed by atoms with van der Waals surface area (Å²) in [4.78, 5) is 40.0. The minimum absolute atomic E-state index is 0.0718. The van der Waals surface area contributed by atoms with Crippen molar-refractivity contribution < 1.29 is 18.8 Å². The molecule has 1 aliphatic rings. The van der Waals surface area contributed by atoms with Crippen molar-refractivity contribution in [3.63, 3.8) is 0 Å². The van der Waals surface area contributed by atoms with E-state index < -0.39 is 23.8 Å². The van der Waals surface area contributed by atoms with E-state index in [1.54, 1.807) is 6.20 Å². The third-order valence-electron chi connectivity index (χ3n) is 4.05. The third-order valence-corrected chi connectivity index (χ3v) is 4.05. The molecule has 3 N–H and O–H groups in total. The van der Waals surface area contributed by atoms with Crippen LogP contribution in [0.15, 0.2) is 10.6 Å². The molecule has 1 saturated heterocycles. The van der Waals surface area contributed by atoms with E-state index in [1.807, 2.05) is 34.6 Å². The highest BCUT2D eigenvalue weighted by molar-refractivity contribution is 6.39. The summed E-state index contributed by atoms with van der Waals surface area (Å²) >= 11 is 0. The predicted molar refractivity (Wildman–Crippen MR) is 92.0 cm³/mol. The minimum atomic E-state index is -0.793. The molecule has 0 bridgehead atoms. The van der Waals surface area contributed by atoms with E-state index in [1.165, 1.54) is 0 Å². The number of aromatic nitrogens is 1. The van der Waals surface area contributed by atoms with Crippen LogP contribution in [-0.4, -0.2) is 41.2 Å². The van der Waals surface area contributed by atoms with Crippen LogP contribution in [-0.2, 0) is 19.8 Å². The predicted octanol–water partition coefficient (Wildman–Crippen LogP) is 0.982. The number of nitrogens with one attached hydrogen (secondary N) is 3. The summed E-state index contributed by atoms with van der Waals surface area (Å²) in [6, 6.07) is -1.17. The van der Waals surface area contributed by atoms with Crippen molar-refractivity contribution in [1.82, 2.24) is 15.6 Å². The maximum atomic E-state index is 12.6. The number of Topliss-reactive ketones (excluding diaryl/α,β-unsaturated/α-hetero) is 1. The van der Waals surface area contributed by atoms with Gasteiger partial charge < -0.3 is 20.4 Å². The smallest absolute Gasteiger partial charge is 0.295 e. The summed E-state index contributed by atoms with van der Waals surface area (Å²) < 4.78 is 5.67. The van der Waals surface area contributed by atoms with Crippen molar-refractivity contribution in [2.75, 3.05) is 11.9 Å². The second kappa shape index (κ2) is 7.25. The van der Waals surface area contributed by atoms with E-state index in [9.17, 15) is 14.4 Å². The highest BCUT2D eigenvalue weighted by Crippen LogP contribution is 2.25. The molecule has 0 aliphatic carbocycles. The molecule has 25 heavy (non-hydrogen) atoms. The number of piperidine rings is 1. The van der Waals surface area contributed by atoms with Crippen molar-refractivity contribution in [3.05, 3.63) is 12.0 Å². The maximum Gasteiger partial charge on any atom is 0.295 e. The number of carbonyl (C=O) groups is 3. The molecule has 0 saturated carbocycles. The first kappa shape index (κ1) is 19.0. The van der Waals surface area contributed by atoms with Crippen molar-refractivity contribution in [2.24, 2.45) is 5.92 Å². The number of anilines is 1. The van der Waals surface area contributed by atoms with E-state index in [2.05, 4.69) is 20.9 Å². The fourth-order valence-electron chi connectivity index (χ4n) is 2.46. The van der Waals surface area contributed by atoms with Gasteiger partial charge >= 0.3 is 0 Å². The first-order valence-corrected chi connectivity index (χ1v) is 8.45. The standard InChI is InChI=1S/C17H26N4O4/c1-9(2)12(21-16-19-8-11(25-16)17(3,4)5)14(23)20-10-6-7-18-15(24)13(10)22/h8-10,12H,6-7H2,1-5H3,(H,18,24)(H,19,21)(H,20,23). The van der Waals surface area contributed by atoms with Crippen molar-refractivity contribution in [2.45, 2.75) is 58.5 Å². The Morgan fingerprint density at radius 3 is 2.60 bits per heavy atom. The zero-order chi connectivity index (χ0) is 18.8. The van der Waals surface area contributed by atoms with Crippen molar-refractivity contribution in [1.29, 1.82) is 0 Å². The molecule has 0 spiro atoms. The van der Waals surface area contributed by atoms with Gasteiger partial charge in [0, 0.05) is 12.0 Å². The number of hydrogen-bond acceptors (Lipinski definition) is 6. The van der Waals surface area contributed by atoms with E-state index in [0.717, 1.165) is 0 Å². The Kier molecular flexibility index (Phi) is 5.49. The number of amides is 2. The van der Waals surface area contributed by atoms with Crippen LogP contribution in [0.3, 0.4) is 0 Å². The van der Waals surface area contributed by atoms with E-state index >= 15 is 0 Å². The average molecular weight is 350 g/mol. The average Bonchev–Trinajstić information content (AvgIpc) is 2.98. The molecular formula is C17H26N4O4. The molecule has 0 radical (unpaired) electrons. The van der Waals surface area contributed by atoms with Gasteiger partial charge in [-0.2, -0.15) is 0 Å². The van der Waals surface area contributed by atoms with Crippen LogP contribution in [0.5, 0.6) is 0 Å². The summed E-state index contributed by atoms with van der Waals surface area (Å²) in [5, 5.41) is 8.10. The molecule has 0 aromatic carbocycles. The molecular weight excluding hydrogens is 324 g/mol. The van der Waals surface area contributed by atoms with Crippen molar-refractivity contribution in [3.8, 4) is 0 Å². The van der Waals surface area contributed by atoms with Gasteiger partial charge in [-0.3, -0.25) is 14.4 Å². The summed E-state index contributed by atoms with van der Waals surface area (Å²) in [6.45, 7) is 10.1. The molecule has 138 valence electrons. The van der Waals surface area contributed by atoms with Gasteiger partial charge in [-0.15, -0.1) is 0 Å². The minimum Gasteiger partial charge on any atom is -0.428 e. The number of nitrogens with zero attached hydrogens (tertiary/aromatic N) is 1. The lowest BCUT2D eigenvalue weighted by Gasteiger charge is -2.26. The molecule has 8 nitrogen and oxygen atoms in total. The van der Waals surface area contributed by atoms with Crippen LogP contribution in [0.25, 0.3) is 0 Å². The lowest BCUT2D eigenvalue weighted by atomic mass is 9.94. The van der Waals surface area contributed by atoms with Gasteiger partial charge in [0.1, 0.15) is 11.8 Å². The number of carbonyl (C=O) groups excluding carboxylic acids is 3.